The van der Waals surface area contributed by atoms with E-state index < -0.39 is 23.8 Å². The summed E-state index contributed by atoms with van der Waals surface area (Å²) in [6.07, 6.45) is 1.42. The van der Waals surface area contributed by atoms with E-state index in [4.69, 9.17) is 14.3 Å². The number of pyridine rings is 1. The van der Waals surface area contributed by atoms with E-state index >= 15 is 0 Å². The molecule has 8 nitrogen and oxygen atoms in total. The number of aliphatic carboxylic acids is 1. The van der Waals surface area contributed by atoms with Crippen LogP contribution in [0.15, 0.2) is 74.8 Å². The monoisotopic (exact) mass is 408 g/mol. The van der Waals surface area contributed by atoms with Crippen molar-refractivity contribution in [1.29, 1.82) is 0 Å². The molecule has 0 saturated heterocycles. The maximum absolute atomic E-state index is 13.0. The van der Waals surface area contributed by atoms with E-state index in [0.717, 1.165) is 0 Å². The Balaban J connectivity index is 1.64. The number of carbonyl (C=O) groups is 1. The first-order valence-corrected chi connectivity index (χ1v) is 8.70. The van der Waals surface area contributed by atoms with Crippen molar-refractivity contribution < 1.29 is 23.4 Å². The normalized spacial score (nSPS) is 10.8. The van der Waals surface area contributed by atoms with Crippen molar-refractivity contribution in [2.24, 2.45) is 0 Å². The van der Waals surface area contributed by atoms with Gasteiger partial charge in [-0.1, -0.05) is 12.1 Å². The van der Waals surface area contributed by atoms with Crippen molar-refractivity contribution in [3.8, 4) is 22.6 Å². The standard InChI is InChI=1S/C21H13FN2O6/c22-14-3-7-16(8-4-14)29-15-5-1-12(2-6-15)13-9-17-19(23-10-13)20(27)24(11-18(25)26)21(28)30-17/h1-10H,11H2,(H,25,26). The maximum atomic E-state index is 13.0. The molecule has 0 unspecified atom stereocenters. The number of aromatic nitrogens is 2. The second-order valence-electron chi connectivity index (χ2n) is 6.30. The summed E-state index contributed by atoms with van der Waals surface area (Å²) >= 11 is 0. The van der Waals surface area contributed by atoms with E-state index in [2.05, 4.69) is 4.98 Å². The number of hydrogen-bond donors (Lipinski definition) is 1. The molecule has 0 fully saturated rings. The lowest BCUT2D eigenvalue weighted by Gasteiger charge is -2.08. The Morgan fingerprint density at radius 3 is 2.30 bits per heavy atom. The van der Waals surface area contributed by atoms with E-state index in [1.165, 1.54) is 36.5 Å². The number of nitrogens with zero attached hydrogens (tertiary/aromatic N) is 2. The summed E-state index contributed by atoms with van der Waals surface area (Å²) in [6.45, 7) is -0.809. The predicted octanol–water partition coefficient (Wildman–Crippen LogP) is 3.03. The quantitative estimate of drug-likeness (QED) is 0.540. The van der Waals surface area contributed by atoms with Gasteiger partial charge in [-0.25, -0.2) is 18.7 Å². The number of carboxylic acid groups (broad SMARTS) is 1. The van der Waals surface area contributed by atoms with Gasteiger partial charge in [0.2, 0.25) is 0 Å². The maximum Gasteiger partial charge on any atom is 0.422 e. The van der Waals surface area contributed by atoms with Crippen molar-refractivity contribution in [3.05, 3.63) is 87.5 Å². The largest absolute Gasteiger partial charge is 0.480 e. The average molecular weight is 408 g/mol. The van der Waals surface area contributed by atoms with Crippen molar-refractivity contribution in [3.63, 3.8) is 0 Å². The van der Waals surface area contributed by atoms with Crippen LogP contribution in [0.1, 0.15) is 0 Å². The highest BCUT2D eigenvalue weighted by atomic mass is 19.1. The Morgan fingerprint density at radius 2 is 1.67 bits per heavy atom. The second kappa shape index (κ2) is 7.63. The van der Waals surface area contributed by atoms with Crippen LogP contribution in [0.4, 0.5) is 4.39 Å². The third kappa shape index (κ3) is 3.81. The Hall–Kier alpha value is -4.27. The summed E-state index contributed by atoms with van der Waals surface area (Å²) in [4.78, 5) is 39.1. The van der Waals surface area contributed by atoms with E-state index in [-0.39, 0.29) is 16.9 Å². The molecular weight excluding hydrogens is 395 g/mol. The molecule has 0 aliphatic carbocycles. The van der Waals surface area contributed by atoms with E-state index in [9.17, 15) is 18.8 Å². The van der Waals surface area contributed by atoms with Crippen molar-refractivity contribution in [2.75, 3.05) is 0 Å². The third-order valence-electron chi connectivity index (χ3n) is 4.25. The van der Waals surface area contributed by atoms with Gasteiger partial charge in [0.05, 0.1) is 0 Å². The van der Waals surface area contributed by atoms with Gasteiger partial charge in [-0.15, -0.1) is 0 Å². The summed E-state index contributed by atoms with van der Waals surface area (Å²) in [7, 11) is 0. The average Bonchev–Trinajstić information content (AvgIpc) is 2.73. The summed E-state index contributed by atoms with van der Waals surface area (Å²) in [5, 5.41) is 8.82. The zero-order chi connectivity index (χ0) is 21.3. The van der Waals surface area contributed by atoms with Gasteiger partial charge in [0.15, 0.2) is 11.1 Å². The Bertz CT molecular complexity index is 1360. The van der Waals surface area contributed by atoms with Gasteiger partial charge in [0.25, 0.3) is 5.56 Å². The highest BCUT2D eigenvalue weighted by Gasteiger charge is 2.14. The van der Waals surface area contributed by atoms with Crippen LogP contribution in [-0.2, 0) is 11.3 Å². The van der Waals surface area contributed by atoms with E-state index in [1.54, 1.807) is 24.3 Å². The number of ether oxygens (including phenoxy) is 1. The van der Waals surface area contributed by atoms with Crippen LogP contribution in [0.5, 0.6) is 11.5 Å². The fraction of sp³-hybridized carbons (Fsp3) is 0.0476. The highest BCUT2D eigenvalue weighted by Crippen LogP contribution is 2.26. The molecule has 150 valence electrons. The molecular formula is C21H13FN2O6. The molecule has 0 amide bonds. The lowest BCUT2D eigenvalue weighted by Crippen LogP contribution is -2.35. The SMILES string of the molecule is O=C(O)Cn1c(=O)oc2cc(-c3ccc(Oc4ccc(F)cc4)cc3)cnc2c1=O. The van der Waals surface area contributed by atoms with Crippen LogP contribution >= 0.6 is 0 Å². The van der Waals surface area contributed by atoms with Gasteiger partial charge in [0.1, 0.15) is 23.9 Å². The summed E-state index contributed by atoms with van der Waals surface area (Å²) in [6, 6.07) is 14.0. The highest BCUT2D eigenvalue weighted by molar-refractivity contribution is 5.78. The molecule has 0 atom stereocenters. The van der Waals surface area contributed by atoms with Crippen LogP contribution in [0.2, 0.25) is 0 Å². The Kier molecular flexibility index (Phi) is 4.85. The van der Waals surface area contributed by atoms with Gasteiger partial charge < -0.3 is 14.3 Å². The van der Waals surface area contributed by atoms with Gasteiger partial charge in [-0.3, -0.25) is 9.59 Å². The fourth-order valence-corrected chi connectivity index (χ4v) is 2.83. The van der Waals surface area contributed by atoms with Crippen LogP contribution in [0.3, 0.4) is 0 Å². The Morgan fingerprint density at radius 1 is 1.03 bits per heavy atom. The van der Waals surface area contributed by atoms with Crippen molar-refractivity contribution in [1.82, 2.24) is 9.55 Å². The molecule has 0 radical (unpaired) electrons. The van der Waals surface area contributed by atoms with Gasteiger partial charge in [0, 0.05) is 11.8 Å². The first-order valence-electron chi connectivity index (χ1n) is 8.70. The molecule has 4 aromatic rings. The number of halogens is 1. The number of carboxylic acids is 1. The third-order valence-corrected chi connectivity index (χ3v) is 4.25. The molecule has 2 heterocycles. The molecule has 0 bridgehead atoms. The summed E-state index contributed by atoms with van der Waals surface area (Å²) in [5.41, 5.74) is 0.271. The molecule has 2 aromatic heterocycles. The topological polar surface area (TPSA) is 112 Å². The minimum Gasteiger partial charge on any atom is -0.480 e. The predicted molar refractivity (Wildman–Crippen MR) is 104 cm³/mol. The zero-order valence-corrected chi connectivity index (χ0v) is 15.2. The Labute approximate surface area is 167 Å². The number of fused-ring (bicyclic) bond motifs is 1. The zero-order valence-electron chi connectivity index (χ0n) is 15.2. The van der Waals surface area contributed by atoms with Crippen LogP contribution in [0.25, 0.3) is 22.2 Å². The number of rotatable bonds is 5. The van der Waals surface area contributed by atoms with E-state index in [0.29, 0.717) is 27.2 Å². The van der Waals surface area contributed by atoms with Crippen molar-refractivity contribution in [2.45, 2.75) is 6.54 Å². The van der Waals surface area contributed by atoms with Gasteiger partial charge in [-0.2, -0.15) is 0 Å². The minimum absolute atomic E-state index is 0.0456. The summed E-state index contributed by atoms with van der Waals surface area (Å²) in [5.74, 6) is -1.76. The molecule has 4 rings (SSSR count). The van der Waals surface area contributed by atoms with Crippen LogP contribution in [-0.4, -0.2) is 20.6 Å². The molecule has 0 aliphatic rings. The van der Waals surface area contributed by atoms with Crippen LogP contribution in [0, 0.1) is 5.82 Å². The first kappa shape index (κ1) is 19.1. The molecule has 9 heteroatoms. The van der Waals surface area contributed by atoms with Gasteiger partial charge >= 0.3 is 11.7 Å². The lowest BCUT2D eigenvalue weighted by atomic mass is 10.1. The van der Waals surface area contributed by atoms with Crippen molar-refractivity contribution >= 4 is 17.1 Å². The minimum atomic E-state index is -1.34. The molecule has 0 saturated carbocycles. The number of hydrogen-bond acceptors (Lipinski definition) is 6. The second-order valence-corrected chi connectivity index (χ2v) is 6.30. The summed E-state index contributed by atoms with van der Waals surface area (Å²) < 4.78 is 24.2. The van der Waals surface area contributed by atoms with Crippen LogP contribution < -0.4 is 16.1 Å². The first-order chi connectivity index (χ1) is 14.4. The lowest BCUT2D eigenvalue weighted by molar-refractivity contribution is -0.137. The number of benzene rings is 2. The molecule has 30 heavy (non-hydrogen) atoms. The fourth-order valence-electron chi connectivity index (χ4n) is 2.83. The molecule has 0 spiro atoms. The van der Waals surface area contributed by atoms with Gasteiger partial charge in [-0.05, 0) is 48.0 Å². The molecule has 2 aromatic carbocycles. The molecule has 0 aliphatic heterocycles. The van der Waals surface area contributed by atoms with E-state index in [1.807, 2.05) is 0 Å². The molecule has 1 N–H and O–H groups in total. The smallest absolute Gasteiger partial charge is 0.422 e.